The third kappa shape index (κ3) is 5.33. The third-order valence-electron chi connectivity index (χ3n) is 3.82. The molecule has 0 aliphatic carbocycles. The van der Waals surface area contributed by atoms with Crippen molar-refractivity contribution in [3.05, 3.63) is 23.7 Å². The van der Waals surface area contributed by atoms with Gasteiger partial charge in [-0.2, -0.15) is 0 Å². The number of carbonyl (C=O) groups is 1. The minimum atomic E-state index is -3.12. The van der Waals surface area contributed by atoms with Crippen LogP contribution in [0.15, 0.2) is 16.5 Å². The number of esters is 1. The Hall–Kier alpha value is -1.38. The van der Waals surface area contributed by atoms with Crippen molar-refractivity contribution in [1.29, 1.82) is 0 Å². The fourth-order valence-corrected chi connectivity index (χ4v) is 3.68. The highest BCUT2D eigenvalue weighted by Gasteiger charge is 2.23. The lowest BCUT2D eigenvalue weighted by atomic mass is 10.3. The summed E-state index contributed by atoms with van der Waals surface area (Å²) >= 11 is 0. The lowest BCUT2D eigenvalue weighted by Gasteiger charge is -2.20. The van der Waals surface area contributed by atoms with E-state index in [1.165, 1.54) is 6.92 Å². The number of furan rings is 1. The molecule has 0 saturated carbocycles. The van der Waals surface area contributed by atoms with Crippen LogP contribution in [0.4, 0.5) is 0 Å². The summed E-state index contributed by atoms with van der Waals surface area (Å²) in [6.07, 6.45) is 0.806. The van der Waals surface area contributed by atoms with E-state index in [0.717, 1.165) is 18.7 Å². The fraction of sp³-hybridized carbons (Fsp3) is 0.667. The number of nitrogens with zero attached hydrogens (tertiary/aromatic N) is 2. The van der Waals surface area contributed by atoms with Crippen LogP contribution in [-0.4, -0.2) is 55.5 Å². The Balaban J connectivity index is 1.88. The Bertz CT molecular complexity index is 626. The number of hydrogen-bond donors (Lipinski definition) is 0. The van der Waals surface area contributed by atoms with Gasteiger partial charge in [0.2, 0.25) is 10.0 Å². The minimum Gasteiger partial charge on any atom is -0.461 e. The molecule has 1 saturated heterocycles. The highest BCUT2D eigenvalue weighted by molar-refractivity contribution is 7.89. The van der Waals surface area contributed by atoms with Crippen LogP contribution < -0.4 is 0 Å². The standard InChI is InChI=1S/C15H24N2O5S/c1-3-23(19,20)17-8-4-7-16(9-10-17)11-14-5-6-15(22-14)12-21-13(2)18/h5-6H,3-4,7-12H2,1-2H3. The Morgan fingerprint density at radius 1 is 1.22 bits per heavy atom. The van der Waals surface area contributed by atoms with Crippen LogP contribution in [0.3, 0.4) is 0 Å². The molecule has 0 N–H and O–H groups in total. The quantitative estimate of drug-likeness (QED) is 0.722. The molecule has 8 heteroatoms. The number of ether oxygens (including phenoxy) is 1. The van der Waals surface area contributed by atoms with Gasteiger partial charge in [-0.15, -0.1) is 0 Å². The van der Waals surface area contributed by atoms with Gasteiger partial charge < -0.3 is 9.15 Å². The molecule has 1 aliphatic heterocycles. The largest absolute Gasteiger partial charge is 0.461 e. The molecule has 1 fully saturated rings. The number of hydrogen-bond acceptors (Lipinski definition) is 6. The maximum atomic E-state index is 11.9. The van der Waals surface area contributed by atoms with Gasteiger partial charge in [0.25, 0.3) is 0 Å². The maximum absolute atomic E-state index is 11.9. The summed E-state index contributed by atoms with van der Waals surface area (Å²) in [5.74, 6) is 1.21. The van der Waals surface area contributed by atoms with Gasteiger partial charge in [0.05, 0.1) is 12.3 Å². The van der Waals surface area contributed by atoms with Crippen LogP contribution in [0.5, 0.6) is 0 Å². The van der Waals surface area contributed by atoms with Crippen LogP contribution >= 0.6 is 0 Å². The van der Waals surface area contributed by atoms with E-state index in [-0.39, 0.29) is 18.3 Å². The molecule has 1 aliphatic rings. The molecule has 130 valence electrons. The van der Waals surface area contributed by atoms with Crippen molar-refractivity contribution >= 4 is 16.0 Å². The molecule has 2 heterocycles. The maximum Gasteiger partial charge on any atom is 0.303 e. The first-order valence-corrected chi connectivity index (χ1v) is 9.42. The molecule has 0 aromatic carbocycles. The van der Waals surface area contributed by atoms with E-state index >= 15 is 0 Å². The van der Waals surface area contributed by atoms with Gasteiger partial charge in [-0.1, -0.05) is 0 Å². The van der Waals surface area contributed by atoms with Gasteiger partial charge in [-0.05, 0) is 32.0 Å². The first-order valence-electron chi connectivity index (χ1n) is 7.82. The van der Waals surface area contributed by atoms with Crippen molar-refractivity contribution in [2.75, 3.05) is 31.9 Å². The van der Waals surface area contributed by atoms with Crippen LogP contribution in [0.25, 0.3) is 0 Å². The van der Waals surface area contributed by atoms with Gasteiger partial charge >= 0.3 is 5.97 Å². The van der Waals surface area contributed by atoms with Crippen molar-refractivity contribution in [2.24, 2.45) is 0 Å². The fourth-order valence-electron chi connectivity index (χ4n) is 2.54. The molecule has 0 amide bonds. The van der Waals surface area contributed by atoms with E-state index < -0.39 is 10.0 Å². The molecular formula is C15H24N2O5S. The molecule has 1 aromatic heterocycles. The van der Waals surface area contributed by atoms with Crippen LogP contribution in [-0.2, 0) is 32.7 Å². The zero-order valence-corrected chi connectivity index (χ0v) is 14.5. The third-order valence-corrected chi connectivity index (χ3v) is 5.70. The van der Waals surface area contributed by atoms with Gasteiger partial charge in [-0.3, -0.25) is 9.69 Å². The van der Waals surface area contributed by atoms with Gasteiger partial charge in [0.15, 0.2) is 0 Å². The topological polar surface area (TPSA) is 80.1 Å². The molecule has 0 unspecified atom stereocenters. The van der Waals surface area contributed by atoms with Crippen LogP contribution in [0.2, 0.25) is 0 Å². The zero-order chi connectivity index (χ0) is 16.9. The summed E-state index contributed by atoms with van der Waals surface area (Å²) in [5.41, 5.74) is 0. The second kappa shape index (κ2) is 7.94. The summed E-state index contributed by atoms with van der Waals surface area (Å²) in [7, 11) is -3.12. The predicted molar refractivity (Wildman–Crippen MR) is 85.1 cm³/mol. The molecule has 0 spiro atoms. The molecule has 0 radical (unpaired) electrons. The minimum absolute atomic E-state index is 0.137. The lowest BCUT2D eigenvalue weighted by Crippen LogP contribution is -2.35. The molecule has 23 heavy (non-hydrogen) atoms. The van der Waals surface area contributed by atoms with Crippen molar-refractivity contribution in [3.8, 4) is 0 Å². The summed E-state index contributed by atoms with van der Waals surface area (Å²) < 4.78 is 36.0. The molecular weight excluding hydrogens is 320 g/mol. The smallest absolute Gasteiger partial charge is 0.303 e. The first kappa shape index (κ1) is 18.0. The lowest BCUT2D eigenvalue weighted by molar-refractivity contribution is -0.142. The molecule has 7 nitrogen and oxygen atoms in total. The van der Waals surface area contributed by atoms with Gasteiger partial charge in [-0.25, -0.2) is 12.7 Å². The van der Waals surface area contributed by atoms with Crippen molar-refractivity contribution in [1.82, 2.24) is 9.21 Å². The van der Waals surface area contributed by atoms with Crippen molar-refractivity contribution in [2.45, 2.75) is 33.4 Å². The summed E-state index contributed by atoms with van der Waals surface area (Å²) in [4.78, 5) is 13.0. The summed E-state index contributed by atoms with van der Waals surface area (Å²) in [5, 5.41) is 0. The second-order valence-corrected chi connectivity index (χ2v) is 7.84. The molecule has 2 rings (SSSR count). The Morgan fingerprint density at radius 3 is 2.65 bits per heavy atom. The number of carbonyl (C=O) groups excluding carboxylic acids is 1. The SMILES string of the molecule is CCS(=O)(=O)N1CCCN(Cc2ccc(COC(C)=O)o2)CC1. The van der Waals surface area contributed by atoms with Crippen LogP contribution in [0, 0.1) is 0 Å². The number of sulfonamides is 1. The van der Waals surface area contributed by atoms with Gasteiger partial charge in [0, 0.05) is 26.6 Å². The zero-order valence-electron chi connectivity index (χ0n) is 13.7. The average Bonchev–Trinajstić information content (AvgIpc) is 2.81. The highest BCUT2D eigenvalue weighted by atomic mass is 32.2. The Kier molecular flexibility index (Phi) is 6.20. The van der Waals surface area contributed by atoms with Gasteiger partial charge in [0.1, 0.15) is 18.1 Å². The van der Waals surface area contributed by atoms with E-state index in [0.29, 0.717) is 31.9 Å². The van der Waals surface area contributed by atoms with E-state index in [2.05, 4.69) is 4.90 Å². The summed E-state index contributed by atoms with van der Waals surface area (Å²) in [6, 6.07) is 3.66. The van der Waals surface area contributed by atoms with E-state index in [1.54, 1.807) is 17.3 Å². The van der Waals surface area contributed by atoms with Crippen molar-refractivity contribution < 1.29 is 22.4 Å². The normalized spacial score (nSPS) is 17.8. The summed E-state index contributed by atoms with van der Waals surface area (Å²) in [6.45, 7) is 6.38. The van der Waals surface area contributed by atoms with E-state index in [1.807, 2.05) is 6.07 Å². The monoisotopic (exact) mass is 344 g/mol. The Morgan fingerprint density at radius 2 is 1.96 bits per heavy atom. The molecule has 1 aromatic rings. The van der Waals surface area contributed by atoms with E-state index in [9.17, 15) is 13.2 Å². The van der Waals surface area contributed by atoms with Crippen LogP contribution in [0.1, 0.15) is 31.8 Å². The average molecular weight is 344 g/mol. The Labute approximate surface area is 137 Å². The molecule has 0 atom stereocenters. The highest BCUT2D eigenvalue weighted by Crippen LogP contribution is 2.15. The first-order chi connectivity index (χ1) is 10.9. The molecule has 0 bridgehead atoms. The second-order valence-electron chi connectivity index (χ2n) is 5.58. The van der Waals surface area contributed by atoms with Crippen molar-refractivity contribution in [3.63, 3.8) is 0 Å². The van der Waals surface area contributed by atoms with E-state index in [4.69, 9.17) is 9.15 Å². The predicted octanol–water partition coefficient (Wildman–Crippen LogP) is 1.20. The number of rotatable bonds is 6.